The van der Waals surface area contributed by atoms with E-state index in [1.807, 2.05) is 0 Å². The number of nitrogens with one attached hydrogen (secondary N) is 1. The van der Waals surface area contributed by atoms with Gasteiger partial charge < -0.3 is 9.55 Å². The Morgan fingerprint density at radius 2 is 2.26 bits per heavy atom. The second-order valence-corrected chi connectivity index (χ2v) is 6.93. The third-order valence-electron chi connectivity index (χ3n) is 3.20. The van der Waals surface area contributed by atoms with Crippen molar-refractivity contribution in [2.75, 3.05) is 0 Å². The summed E-state index contributed by atoms with van der Waals surface area (Å²) in [5.74, 6) is 0. The second kappa shape index (κ2) is 5.23. The highest BCUT2D eigenvalue weighted by atomic mass is 79.9. The van der Waals surface area contributed by atoms with E-state index in [0.29, 0.717) is 6.04 Å². The monoisotopic (exact) mass is 352 g/mol. The standard InChI is InChI=1S/C14H13BrN2S2/c1-9(7-11-3-2-6-19-11)17-13-5-4-10(15)8-12(13)16-14(17)18/h2-6,8-9H,7H2,1H3,(H,16,18). The van der Waals surface area contributed by atoms with Gasteiger partial charge in [0.25, 0.3) is 0 Å². The first kappa shape index (κ1) is 13.1. The molecule has 0 saturated heterocycles. The van der Waals surface area contributed by atoms with Gasteiger partial charge in [-0.1, -0.05) is 22.0 Å². The predicted molar refractivity (Wildman–Crippen MR) is 87.6 cm³/mol. The molecule has 2 nitrogen and oxygen atoms in total. The van der Waals surface area contributed by atoms with Gasteiger partial charge in [0.15, 0.2) is 4.77 Å². The molecule has 2 aromatic heterocycles. The van der Waals surface area contributed by atoms with Crippen molar-refractivity contribution in [2.45, 2.75) is 19.4 Å². The number of nitrogens with zero attached hydrogens (tertiary/aromatic N) is 1. The number of rotatable bonds is 3. The summed E-state index contributed by atoms with van der Waals surface area (Å²) in [6.07, 6.45) is 1.01. The molecule has 98 valence electrons. The Morgan fingerprint density at radius 3 is 3.00 bits per heavy atom. The van der Waals surface area contributed by atoms with Gasteiger partial charge in [0.05, 0.1) is 11.0 Å². The summed E-state index contributed by atoms with van der Waals surface area (Å²) in [4.78, 5) is 4.67. The minimum atomic E-state index is 0.348. The van der Waals surface area contributed by atoms with E-state index in [-0.39, 0.29) is 0 Å². The number of fused-ring (bicyclic) bond motifs is 1. The predicted octanol–water partition coefficient (Wildman–Crippen LogP) is 5.33. The number of benzene rings is 1. The van der Waals surface area contributed by atoms with Crippen LogP contribution in [0.15, 0.2) is 40.2 Å². The topological polar surface area (TPSA) is 20.7 Å². The number of hydrogen-bond donors (Lipinski definition) is 1. The van der Waals surface area contributed by atoms with Crippen molar-refractivity contribution in [1.82, 2.24) is 9.55 Å². The lowest BCUT2D eigenvalue weighted by Gasteiger charge is -2.13. The zero-order chi connectivity index (χ0) is 13.4. The van der Waals surface area contributed by atoms with Crippen LogP contribution in [0, 0.1) is 4.77 Å². The molecule has 0 bridgehead atoms. The van der Waals surface area contributed by atoms with Gasteiger partial charge in [-0.2, -0.15) is 0 Å². The number of H-pyrrole nitrogens is 1. The fourth-order valence-corrected chi connectivity index (χ4v) is 3.93. The molecule has 0 fully saturated rings. The van der Waals surface area contributed by atoms with Crippen molar-refractivity contribution in [2.24, 2.45) is 0 Å². The lowest BCUT2D eigenvalue weighted by molar-refractivity contribution is 0.557. The van der Waals surface area contributed by atoms with E-state index in [9.17, 15) is 0 Å². The number of aromatic amines is 1. The molecule has 5 heteroatoms. The molecule has 0 saturated carbocycles. The SMILES string of the molecule is CC(Cc1cccs1)n1c(=S)[nH]c2cc(Br)ccc21. The zero-order valence-corrected chi connectivity index (χ0v) is 13.6. The van der Waals surface area contributed by atoms with Gasteiger partial charge in [-0.05, 0) is 48.8 Å². The Morgan fingerprint density at radius 1 is 1.42 bits per heavy atom. The van der Waals surface area contributed by atoms with Gasteiger partial charge in [0.2, 0.25) is 0 Å². The Labute approximate surface area is 129 Å². The van der Waals surface area contributed by atoms with Crippen molar-refractivity contribution < 1.29 is 0 Å². The molecule has 3 aromatic rings. The van der Waals surface area contributed by atoms with E-state index in [0.717, 1.165) is 26.7 Å². The molecular formula is C14H13BrN2S2. The number of halogens is 1. The molecule has 0 aliphatic rings. The van der Waals surface area contributed by atoms with Gasteiger partial charge in [-0.25, -0.2) is 0 Å². The van der Waals surface area contributed by atoms with Crippen molar-refractivity contribution >= 4 is 50.5 Å². The van der Waals surface area contributed by atoms with Crippen molar-refractivity contribution in [1.29, 1.82) is 0 Å². The second-order valence-electron chi connectivity index (χ2n) is 4.59. The zero-order valence-electron chi connectivity index (χ0n) is 10.4. The van der Waals surface area contributed by atoms with Crippen LogP contribution in [0.5, 0.6) is 0 Å². The summed E-state index contributed by atoms with van der Waals surface area (Å²) in [5.41, 5.74) is 2.25. The highest BCUT2D eigenvalue weighted by Crippen LogP contribution is 2.25. The minimum absolute atomic E-state index is 0.348. The van der Waals surface area contributed by atoms with Crippen LogP contribution in [-0.4, -0.2) is 9.55 Å². The summed E-state index contributed by atoms with van der Waals surface area (Å²) < 4.78 is 4.06. The molecule has 0 aliphatic carbocycles. The number of hydrogen-bond acceptors (Lipinski definition) is 2. The molecule has 1 N–H and O–H groups in total. The van der Waals surface area contributed by atoms with Gasteiger partial charge in [0, 0.05) is 21.8 Å². The number of thiophene rings is 1. The van der Waals surface area contributed by atoms with Crippen LogP contribution >= 0.6 is 39.5 Å². The molecule has 1 atom stereocenters. The van der Waals surface area contributed by atoms with Gasteiger partial charge in [-0.15, -0.1) is 11.3 Å². The van der Waals surface area contributed by atoms with Crippen molar-refractivity contribution in [3.8, 4) is 0 Å². The Bertz CT molecular complexity index is 755. The van der Waals surface area contributed by atoms with Gasteiger partial charge in [0.1, 0.15) is 0 Å². The van der Waals surface area contributed by atoms with E-state index >= 15 is 0 Å². The number of aromatic nitrogens is 2. The summed E-state index contributed by atoms with van der Waals surface area (Å²) in [5, 5.41) is 2.12. The van der Waals surface area contributed by atoms with Crippen LogP contribution in [0.4, 0.5) is 0 Å². The van der Waals surface area contributed by atoms with Crippen LogP contribution < -0.4 is 0 Å². The first-order valence-electron chi connectivity index (χ1n) is 6.07. The third kappa shape index (κ3) is 2.55. The van der Waals surface area contributed by atoms with Crippen LogP contribution in [0.25, 0.3) is 11.0 Å². The molecule has 0 amide bonds. The Hall–Kier alpha value is -0.910. The molecule has 3 rings (SSSR count). The molecule has 1 aromatic carbocycles. The largest absolute Gasteiger partial charge is 0.331 e. The summed E-state index contributed by atoms with van der Waals surface area (Å²) >= 11 is 10.8. The van der Waals surface area contributed by atoms with E-state index in [4.69, 9.17) is 12.2 Å². The van der Waals surface area contributed by atoms with E-state index in [1.54, 1.807) is 11.3 Å². The summed E-state index contributed by atoms with van der Waals surface area (Å²) in [6, 6.07) is 10.9. The molecule has 2 heterocycles. The normalized spacial score (nSPS) is 12.9. The first-order chi connectivity index (χ1) is 9.15. The molecule has 0 spiro atoms. The highest BCUT2D eigenvalue weighted by molar-refractivity contribution is 9.10. The Kier molecular flexibility index (Phi) is 3.60. The molecule has 0 radical (unpaired) electrons. The quantitative estimate of drug-likeness (QED) is 0.632. The molecule has 1 unspecified atom stereocenters. The lowest BCUT2D eigenvalue weighted by Crippen LogP contribution is -2.07. The molecule has 19 heavy (non-hydrogen) atoms. The maximum atomic E-state index is 5.46. The van der Waals surface area contributed by atoms with Gasteiger partial charge in [-0.3, -0.25) is 0 Å². The van der Waals surface area contributed by atoms with Crippen molar-refractivity contribution in [3.63, 3.8) is 0 Å². The third-order valence-corrected chi connectivity index (χ3v) is 4.89. The van der Waals surface area contributed by atoms with Crippen molar-refractivity contribution in [3.05, 3.63) is 49.8 Å². The first-order valence-corrected chi connectivity index (χ1v) is 8.15. The lowest BCUT2D eigenvalue weighted by atomic mass is 10.2. The fourth-order valence-electron chi connectivity index (χ4n) is 2.35. The van der Waals surface area contributed by atoms with E-state index in [1.165, 1.54) is 4.88 Å². The van der Waals surface area contributed by atoms with E-state index in [2.05, 4.69) is 68.1 Å². The maximum Gasteiger partial charge on any atom is 0.178 e. The molecule has 0 aliphatic heterocycles. The highest BCUT2D eigenvalue weighted by Gasteiger charge is 2.12. The summed E-state index contributed by atoms with van der Waals surface area (Å²) in [6.45, 7) is 2.21. The van der Waals surface area contributed by atoms with Crippen LogP contribution in [-0.2, 0) is 6.42 Å². The number of imidazole rings is 1. The van der Waals surface area contributed by atoms with E-state index < -0.39 is 0 Å². The van der Waals surface area contributed by atoms with Gasteiger partial charge >= 0.3 is 0 Å². The van der Waals surface area contributed by atoms with Crippen LogP contribution in [0.2, 0.25) is 0 Å². The average Bonchev–Trinajstić information content (AvgIpc) is 2.95. The smallest absolute Gasteiger partial charge is 0.178 e. The van der Waals surface area contributed by atoms with Crippen LogP contribution in [0.1, 0.15) is 17.8 Å². The Balaban J connectivity index is 2.04. The average molecular weight is 353 g/mol. The van der Waals surface area contributed by atoms with Crippen LogP contribution in [0.3, 0.4) is 0 Å². The maximum absolute atomic E-state index is 5.46. The summed E-state index contributed by atoms with van der Waals surface area (Å²) in [7, 11) is 0. The molecular weight excluding hydrogens is 340 g/mol. The fraction of sp³-hybridized carbons (Fsp3) is 0.214. The minimum Gasteiger partial charge on any atom is -0.331 e.